The number of benzene rings is 1. The molecule has 0 saturated carbocycles. The molecular formula is C21H23N5O2. The van der Waals surface area contributed by atoms with Gasteiger partial charge in [0.25, 0.3) is 0 Å². The summed E-state index contributed by atoms with van der Waals surface area (Å²) in [6.45, 7) is 3.08. The highest BCUT2D eigenvalue weighted by Gasteiger charge is 2.15. The molecule has 3 aromatic rings. The minimum atomic E-state index is -0.549. The van der Waals surface area contributed by atoms with E-state index in [1.54, 1.807) is 18.2 Å². The monoisotopic (exact) mass is 377 g/mol. The van der Waals surface area contributed by atoms with Crippen molar-refractivity contribution in [2.45, 2.75) is 45.7 Å². The van der Waals surface area contributed by atoms with Gasteiger partial charge in [0.05, 0.1) is 6.54 Å². The minimum Gasteiger partial charge on any atom is -0.366 e. The van der Waals surface area contributed by atoms with Gasteiger partial charge in [-0.2, -0.15) is 0 Å². The lowest BCUT2D eigenvalue weighted by molar-refractivity contribution is 0.100. The standard InChI is InChI=1S/C21H23N5O2/c1-12-15-4-2-3-5-17(15)26-20(24-12)11-23-10-14-9-19(27)16-8-13(21(22)28)6-7-18(16)25-14/h6-9,23H,2-5,10-11H2,1H3,(H2,22,28)(H,25,27). The van der Waals surface area contributed by atoms with E-state index < -0.39 is 5.91 Å². The van der Waals surface area contributed by atoms with Crippen molar-refractivity contribution in [3.63, 3.8) is 0 Å². The second-order valence-corrected chi connectivity index (χ2v) is 7.24. The summed E-state index contributed by atoms with van der Waals surface area (Å²) in [5.41, 5.74) is 10.5. The number of pyridine rings is 1. The molecule has 0 radical (unpaired) electrons. The molecule has 1 amide bonds. The maximum absolute atomic E-state index is 12.4. The quantitative estimate of drug-likeness (QED) is 0.628. The Labute approximate surface area is 162 Å². The van der Waals surface area contributed by atoms with E-state index in [0.29, 0.717) is 29.6 Å². The summed E-state index contributed by atoms with van der Waals surface area (Å²) in [6.07, 6.45) is 4.50. The Balaban J connectivity index is 1.49. The number of carbonyl (C=O) groups excluding carboxylic acids is 1. The number of nitrogens with one attached hydrogen (secondary N) is 2. The average Bonchev–Trinajstić information content (AvgIpc) is 2.68. The molecule has 0 bridgehead atoms. The third-order valence-electron chi connectivity index (χ3n) is 5.20. The van der Waals surface area contributed by atoms with E-state index in [-0.39, 0.29) is 5.43 Å². The summed E-state index contributed by atoms with van der Waals surface area (Å²) >= 11 is 0. The van der Waals surface area contributed by atoms with Gasteiger partial charge in [0.1, 0.15) is 5.82 Å². The lowest BCUT2D eigenvalue weighted by Gasteiger charge is -2.17. The molecule has 0 spiro atoms. The first kappa shape index (κ1) is 18.3. The number of nitrogens with zero attached hydrogens (tertiary/aromatic N) is 2. The largest absolute Gasteiger partial charge is 0.366 e. The van der Waals surface area contributed by atoms with Crippen LogP contribution in [0.15, 0.2) is 29.1 Å². The molecule has 1 aliphatic carbocycles. The van der Waals surface area contributed by atoms with E-state index in [0.717, 1.165) is 30.1 Å². The molecule has 7 heteroatoms. The third kappa shape index (κ3) is 3.66. The van der Waals surface area contributed by atoms with Crippen LogP contribution in [-0.4, -0.2) is 20.9 Å². The molecule has 1 aromatic carbocycles. The fourth-order valence-corrected chi connectivity index (χ4v) is 3.78. The lowest BCUT2D eigenvalue weighted by Crippen LogP contribution is -2.20. The Morgan fingerprint density at radius 2 is 2.00 bits per heavy atom. The SMILES string of the molecule is Cc1nc(CNCc2cc(=O)c3cc(C(N)=O)ccc3[nH]2)nc2c1CCCC2. The van der Waals surface area contributed by atoms with Gasteiger partial charge in [-0.3, -0.25) is 9.59 Å². The first-order chi connectivity index (χ1) is 13.5. The topological polar surface area (TPSA) is 114 Å². The van der Waals surface area contributed by atoms with Crippen molar-refractivity contribution in [3.8, 4) is 0 Å². The molecule has 1 aliphatic rings. The average molecular weight is 377 g/mol. The highest BCUT2D eigenvalue weighted by Crippen LogP contribution is 2.21. The van der Waals surface area contributed by atoms with Crippen LogP contribution in [0.4, 0.5) is 0 Å². The number of H-pyrrole nitrogens is 1. The third-order valence-corrected chi connectivity index (χ3v) is 5.20. The van der Waals surface area contributed by atoms with Crippen LogP contribution < -0.4 is 16.5 Å². The van der Waals surface area contributed by atoms with Gasteiger partial charge >= 0.3 is 0 Å². The van der Waals surface area contributed by atoms with E-state index in [1.165, 1.54) is 30.2 Å². The van der Waals surface area contributed by atoms with Crippen LogP contribution in [0, 0.1) is 6.92 Å². The van der Waals surface area contributed by atoms with Crippen molar-refractivity contribution < 1.29 is 4.79 Å². The second-order valence-electron chi connectivity index (χ2n) is 7.24. The van der Waals surface area contributed by atoms with Crippen LogP contribution in [0.5, 0.6) is 0 Å². The first-order valence-electron chi connectivity index (χ1n) is 9.53. The zero-order chi connectivity index (χ0) is 19.7. The van der Waals surface area contributed by atoms with Crippen LogP contribution in [-0.2, 0) is 25.9 Å². The van der Waals surface area contributed by atoms with Crippen molar-refractivity contribution in [3.05, 3.63) is 68.5 Å². The first-order valence-corrected chi connectivity index (χ1v) is 9.53. The summed E-state index contributed by atoms with van der Waals surface area (Å²) < 4.78 is 0. The maximum atomic E-state index is 12.4. The maximum Gasteiger partial charge on any atom is 0.248 e. The number of fused-ring (bicyclic) bond motifs is 2. The normalized spacial score (nSPS) is 13.5. The number of carbonyl (C=O) groups is 1. The summed E-state index contributed by atoms with van der Waals surface area (Å²) in [5, 5.41) is 3.76. The molecule has 28 heavy (non-hydrogen) atoms. The van der Waals surface area contributed by atoms with Gasteiger partial charge in [-0.25, -0.2) is 9.97 Å². The minimum absolute atomic E-state index is 0.144. The molecule has 0 fully saturated rings. The smallest absolute Gasteiger partial charge is 0.248 e. The van der Waals surface area contributed by atoms with Gasteiger partial charge in [0.15, 0.2) is 5.43 Å². The summed E-state index contributed by atoms with van der Waals surface area (Å²) in [6, 6.07) is 6.38. The van der Waals surface area contributed by atoms with E-state index in [1.807, 2.05) is 0 Å². The number of primary amides is 1. The molecule has 0 saturated heterocycles. The number of hydrogen-bond acceptors (Lipinski definition) is 5. The number of amides is 1. The van der Waals surface area contributed by atoms with Gasteiger partial charge in [-0.1, -0.05) is 0 Å². The Morgan fingerprint density at radius 1 is 1.18 bits per heavy atom. The highest BCUT2D eigenvalue weighted by atomic mass is 16.1. The molecule has 4 rings (SSSR count). The van der Waals surface area contributed by atoms with Crippen molar-refractivity contribution in [2.75, 3.05) is 0 Å². The van der Waals surface area contributed by atoms with Gasteiger partial charge in [0, 0.05) is 46.2 Å². The lowest BCUT2D eigenvalue weighted by atomic mass is 9.95. The number of hydrogen-bond donors (Lipinski definition) is 3. The molecule has 4 N–H and O–H groups in total. The molecular weight excluding hydrogens is 354 g/mol. The van der Waals surface area contributed by atoms with Gasteiger partial charge < -0.3 is 16.0 Å². The number of aryl methyl sites for hydroxylation is 2. The Hall–Kier alpha value is -3.06. The molecule has 2 heterocycles. The Kier molecular flexibility index (Phi) is 4.92. The van der Waals surface area contributed by atoms with Crippen molar-refractivity contribution in [1.82, 2.24) is 20.3 Å². The summed E-state index contributed by atoms with van der Waals surface area (Å²) in [4.78, 5) is 36.2. The number of rotatable bonds is 5. The van der Waals surface area contributed by atoms with Crippen LogP contribution in [0.3, 0.4) is 0 Å². The van der Waals surface area contributed by atoms with E-state index in [9.17, 15) is 9.59 Å². The van der Waals surface area contributed by atoms with Crippen LogP contribution in [0.2, 0.25) is 0 Å². The highest BCUT2D eigenvalue weighted by molar-refractivity contribution is 5.96. The molecule has 0 unspecified atom stereocenters. The van der Waals surface area contributed by atoms with Crippen LogP contribution in [0.25, 0.3) is 10.9 Å². The van der Waals surface area contributed by atoms with E-state index in [4.69, 9.17) is 10.7 Å². The molecule has 0 aliphatic heterocycles. The predicted molar refractivity (Wildman–Crippen MR) is 107 cm³/mol. The second kappa shape index (κ2) is 7.52. The van der Waals surface area contributed by atoms with Crippen molar-refractivity contribution in [2.24, 2.45) is 5.73 Å². The fraction of sp³-hybridized carbons (Fsp3) is 0.333. The number of aromatic nitrogens is 3. The van der Waals surface area contributed by atoms with E-state index in [2.05, 4.69) is 22.2 Å². The van der Waals surface area contributed by atoms with Crippen molar-refractivity contribution >= 4 is 16.8 Å². The molecule has 7 nitrogen and oxygen atoms in total. The van der Waals surface area contributed by atoms with E-state index >= 15 is 0 Å². The summed E-state index contributed by atoms with van der Waals surface area (Å²) in [5.74, 6) is 0.236. The van der Waals surface area contributed by atoms with Crippen molar-refractivity contribution in [1.29, 1.82) is 0 Å². The summed E-state index contributed by atoms with van der Waals surface area (Å²) in [7, 11) is 0. The fourth-order valence-electron chi connectivity index (χ4n) is 3.78. The number of nitrogens with two attached hydrogens (primary N) is 1. The molecule has 2 aromatic heterocycles. The van der Waals surface area contributed by atoms with Gasteiger partial charge in [0.2, 0.25) is 5.91 Å². The predicted octanol–water partition coefficient (Wildman–Crippen LogP) is 1.89. The Morgan fingerprint density at radius 3 is 2.82 bits per heavy atom. The Bertz CT molecular complexity index is 1120. The van der Waals surface area contributed by atoms with Crippen LogP contribution in [0.1, 0.15) is 51.7 Å². The van der Waals surface area contributed by atoms with Crippen LogP contribution >= 0.6 is 0 Å². The molecule has 144 valence electrons. The zero-order valence-corrected chi connectivity index (χ0v) is 15.8. The van der Waals surface area contributed by atoms with Gasteiger partial charge in [-0.05, 0) is 56.4 Å². The number of aromatic amines is 1. The zero-order valence-electron chi connectivity index (χ0n) is 15.8. The van der Waals surface area contributed by atoms with Gasteiger partial charge in [-0.15, -0.1) is 0 Å². The molecule has 0 atom stereocenters.